The number of nitrogens with one attached hydrogen (secondary N) is 1. The number of anilines is 1. The van der Waals surface area contributed by atoms with Crippen molar-refractivity contribution in [3.63, 3.8) is 0 Å². The summed E-state index contributed by atoms with van der Waals surface area (Å²) in [7, 11) is 0. The molecule has 1 aromatic carbocycles. The van der Waals surface area contributed by atoms with Gasteiger partial charge in [-0.3, -0.25) is 14.9 Å². The molecule has 2 N–H and O–H groups in total. The van der Waals surface area contributed by atoms with E-state index in [4.69, 9.17) is 11.6 Å². The number of carbonyl (C=O) groups excluding carboxylic acids is 1. The molecule has 0 saturated carbocycles. The van der Waals surface area contributed by atoms with Crippen LogP contribution in [0.4, 0.5) is 24.5 Å². The fourth-order valence-electron chi connectivity index (χ4n) is 2.38. The molecule has 0 aliphatic carbocycles. The molecule has 0 spiro atoms. The minimum absolute atomic E-state index is 0.00455. The van der Waals surface area contributed by atoms with Gasteiger partial charge >= 0.3 is 6.18 Å². The summed E-state index contributed by atoms with van der Waals surface area (Å²) in [6.07, 6.45) is -4.78. The molecule has 3 aromatic rings. The number of nitro benzene ring substituents is 1. The Morgan fingerprint density at radius 3 is 2.64 bits per heavy atom. The first-order valence-corrected chi connectivity index (χ1v) is 7.78. The van der Waals surface area contributed by atoms with Crippen LogP contribution in [0.1, 0.15) is 21.9 Å². The number of nitro groups is 1. The first kappa shape index (κ1) is 19.4. The summed E-state index contributed by atoms with van der Waals surface area (Å²) in [6.45, 7) is 1.32. The second-order valence-electron chi connectivity index (χ2n) is 5.59. The van der Waals surface area contributed by atoms with Gasteiger partial charge in [-0.1, -0.05) is 11.6 Å². The van der Waals surface area contributed by atoms with Crippen molar-refractivity contribution in [3.8, 4) is 5.75 Å². The van der Waals surface area contributed by atoms with Gasteiger partial charge in [0.15, 0.2) is 11.3 Å². The average Bonchev–Trinajstić information content (AvgIpc) is 2.92. The summed E-state index contributed by atoms with van der Waals surface area (Å²) in [5.74, 6) is -1.58. The van der Waals surface area contributed by atoms with Gasteiger partial charge in [-0.15, -0.1) is 0 Å². The lowest BCUT2D eigenvalue weighted by Crippen LogP contribution is -2.16. The van der Waals surface area contributed by atoms with Crippen LogP contribution in [0.15, 0.2) is 24.3 Å². The molecule has 13 heteroatoms. The Kier molecular flexibility index (Phi) is 4.59. The zero-order valence-corrected chi connectivity index (χ0v) is 14.5. The molecule has 0 unspecified atom stereocenters. The highest BCUT2D eigenvalue weighted by atomic mass is 35.5. The molecule has 9 nitrogen and oxygen atoms in total. The lowest BCUT2D eigenvalue weighted by atomic mass is 10.2. The Hall–Kier alpha value is -3.41. The summed E-state index contributed by atoms with van der Waals surface area (Å²) in [5.41, 5.74) is -2.93. The number of aromatic nitrogens is 3. The monoisotopic (exact) mass is 415 g/mol. The standard InChI is InChI=1S/C15H9ClF3N5O4/c1-6-4-10(15(17,18)19)23-13(20-6)11(16)12(22-23)14(26)21-8-5-7(24(27)28)2-3-9(8)25/h2-5,25H,1H3,(H,21,26). The number of hydrogen-bond donors (Lipinski definition) is 2. The van der Waals surface area contributed by atoms with E-state index in [1.54, 1.807) is 0 Å². The molecular weight excluding hydrogens is 407 g/mol. The minimum Gasteiger partial charge on any atom is -0.506 e. The molecule has 2 heterocycles. The number of halogens is 4. The number of aromatic hydroxyl groups is 1. The van der Waals surface area contributed by atoms with Gasteiger partial charge in [-0.05, 0) is 19.1 Å². The summed E-state index contributed by atoms with van der Waals surface area (Å²) < 4.78 is 40.1. The van der Waals surface area contributed by atoms with Crippen molar-refractivity contribution in [3.05, 3.63) is 56.5 Å². The van der Waals surface area contributed by atoms with Crippen LogP contribution in [0.5, 0.6) is 5.75 Å². The third kappa shape index (κ3) is 3.41. The maximum atomic E-state index is 13.2. The van der Waals surface area contributed by atoms with E-state index in [2.05, 4.69) is 15.4 Å². The summed E-state index contributed by atoms with van der Waals surface area (Å²) in [5, 5.41) is 25.8. The molecule has 1 amide bonds. The highest BCUT2D eigenvalue weighted by Gasteiger charge is 2.36. The van der Waals surface area contributed by atoms with Crippen molar-refractivity contribution in [2.75, 3.05) is 5.32 Å². The van der Waals surface area contributed by atoms with Crippen LogP contribution in [0.2, 0.25) is 5.02 Å². The van der Waals surface area contributed by atoms with Gasteiger partial charge in [0.1, 0.15) is 16.5 Å². The fraction of sp³-hybridized carbons (Fsp3) is 0.133. The third-order valence-corrected chi connectivity index (χ3v) is 3.95. The number of aryl methyl sites for hydroxylation is 1. The largest absolute Gasteiger partial charge is 0.506 e. The van der Waals surface area contributed by atoms with E-state index in [1.807, 2.05) is 0 Å². The number of fused-ring (bicyclic) bond motifs is 1. The van der Waals surface area contributed by atoms with E-state index in [0.29, 0.717) is 4.52 Å². The van der Waals surface area contributed by atoms with Gasteiger partial charge in [0.2, 0.25) is 0 Å². The molecular formula is C15H9ClF3N5O4. The molecule has 146 valence electrons. The van der Waals surface area contributed by atoms with E-state index in [0.717, 1.165) is 24.3 Å². The number of rotatable bonds is 3. The first-order chi connectivity index (χ1) is 13.0. The molecule has 0 saturated heterocycles. The van der Waals surface area contributed by atoms with Crippen molar-refractivity contribution in [1.29, 1.82) is 0 Å². The Bertz CT molecular complexity index is 1130. The molecule has 0 aliphatic heterocycles. The second-order valence-corrected chi connectivity index (χ2v) is 5.97. The molecule has 0 fully saturated rings. The zero-order chi connectivity index (χ0) is 20.8. The number of phenolic OH excluding ortho intramolecular Hbond substituents is 1. The van der Waals surface area contributed by atoms with Crippen molar-refractivity contribution < 1.29 is 28.0 Å². The quantitative estimate of drug-likeness (QED) is 0.383. The van der Waals surface area contributed by atoms with Crippen LogP contribution in [0.3, 0.4) is 0 Å². The van der Waals surface area contributed by atoms with Crippen molar-refractivity contribution in [2.24, 2.45) is 0 Å². The fourth-order valence-corrected chi connectivity index (χ4v) is 2.63. The van der Waals surface area contributed by atoms with Gasteiger partial charge in [0.25, 0.3) is 11.6 Å². The van der Waals surface area contributed by atoms with E-state index in [-0.39, 0.29) is 17.0 Å². The van der Waals surface area contributed by atoms with E-state index >= 15 is 0 Å². The van der Waals surface area contributed by atoms with Gasteiger partial charge < -0.3 is 10.4 Å². The number of hydrogen-bond acceptors (Lipinski definition) is 6. The Morgan fingerprint density at radius 1 is 1.36 bits per heavy atom. The maximum absolute atomic E-state index is 13.2. The molecule has 0 atom stereocenters. The number of non-ortho nitro benzene ring substituents is 1. The Labute approximate surface area is 158 Å². The zero-order valence-electron chi connectivity index (χ0n) is 13.8. The van der Waals surface area contributed by atoms with Crippen LogP contribution < -0.4 is 5.32 Å². The number of phenols is 1. The highest BCUT2D eigenvalue weighted by molar-refractivity contribution is 6.37. The molecule has 0 bridgehead atoms. The first-order valence-electron chi connectivity index (χ1n) is 7.41. The predicted molar refractivity (Wildman–Crippen MR) is 90.5 cm³/mol. The van der Waals surface area contributed by atoms with Crippen LogP contribution in [0.25, 0.3) is 5.65 Å². The number of carbonyl (C=O) groups is 1. The highest BCUT2D eigenvalue weighted by Crippen LogP contribution is 2.33. The van der Waals surface area contributed by atoms with Crippen LogP contribution in [-0.2, 0) is 6.18 Å². The third-order valence-electron chi connectivity index (χ3n) is 3.61. The SMILES string of the molecule is Cc1cc(C(F)(F)F)n2nc(C(=O)Nc3cc([N+](=O)[O-])ccc3O)c(Cl)c2n1. The summed E-state index contributed by atoms with van der Waals surface area (Å²) >= 11 is 5.99. The Balaban J connectivity index is 2.07. The van der Waals surface area contributed by atoms with E-state index in [1.165, 1.54) is 6.92 Å². The topological polar surface area (TPSA) is 123 Å². The van der Waals surface area contributed by atoms with E-state index < -0.39 is 44.9 Å². The molecule has 0 aliphatic rings. The van der Waals surface area contributed by atoms with Gasteiger partial charge in [0, 0.05) is 17.8 Å². The van der Waals surface area contributed by atoms with Crippen LogP contribution in [-0.4, -0.2) is 30.5 Å². The van der Waals surface area contributed by atoms with Gasteiger partial charge in [0.05, 0.1) is 10.6 Å². The number of amides is 1. The molecule has 2 aromatic heterocycles. The lowest BCUT2D eigenvalue weighted by Gasteiger charge is -2.09. The molecule has 3 rings (SSSR count). The summed E-state index contributed by atoms with van der Waals surface area (Å²) in [4.78, 5) is 26.3. The summed E-state index contributed by atoms with van der Waals surface area (Å²) in [6, 6.07) is 3.60. The van der Waals surface area contributed by atoms with E-state index in [9.17, 15) is 33.2 Å². The van der Waals surface area contributed by atoms with Crippen molar-refractivity contribution in [2.45, 2.75) is 13.1 Å². The average molecular weight is 416 g/mol. The van der Waals surface area contributed by atoms with Crippen molar-refractivity contribution >= 4 is 34.5 Å². The van der Waals surface area contributed by atoms with Gasteiger partial charge in [-0.2, -0.15) is 18.3 Å². The number of benzene rings is 1. The van der Waals surface area contributed by atoms with Crippen LogP contribution in [0, 0.1) is 17.0 Å². The maximum Gasteiger partial charge on any atom is 0.433 e. The van der Waals surface area contributed by atoms with Crippen molar-refractivity contribution in [1.82, 2.24) is 14.6 Å². The Morgan fingerprint density at radius 2 is 2.04 bits per heavy atom. The minimum atomic E-state index is -4.78. The van der Waals surface area contributed by atoms with Gasteiger partial charge in [-0.25, -0.2) is 9.50 Å². The lowest BCUT2D eigenvalue weighted by molar-refractivity contribution is -0.384. The van der Waals surface area contributed by atoms with Crippen LogP contribution >= 0.6 is 11.6 Å². The molecule has 0 radical (unpaired) electrons. The predicted octanol–water partition coefficient (Wildman–Crippen LogP) is 3.58. The number of alkyl halides is 3. The number of nitrogens with zero attached hydrogens (tertiary/aromatic N) is 4. The smallest absolute Gasteiger partial charge is 0.433 e. The molecule has 28 heavy (non-hydrogen) atoms. The normalized spacial score (nSPS) is 11.6. The second kappa shape index (κ2) is 6.64.